The van der Waals surface area contributed by atoms with Gasteiger partial charge in [0.15, 0.2) is 17.6 Å². The zero-order chi connectivity index (χ0) is 28.4. The monoisotopic (exact) mass is 546 g/mol. The van der Waals surface area contributed by atoms with Gasteiger partial charge in [0.1, 0.15) is 0 Å². The summed E-state index contributed by atoms with van der Waals surface area (Å²) >= 11 is 0. The van der Waals surface area contributed by atoms with Crippen molar-refractivity contribution in [3.05, 3.63) is 54.1 Å². The number of hydrogen-bond donors (Lipinski definition) is 2. The number of nitrogens with zero attached hydrogens (tertiary/aromatic N) is 2. The zero-order valence-electron chi connectivity index (χ0n) is 22.1. The SMILES string of the molecule is CCOC(=O)c1cccc(NC(=O)NC2C(=O)N(CC(=O)C3CC3)c3ccccc3N(CC(=O)C3CC3)C2=O)c1. The average molecular weight is 547 g/mol. The molecule has 0 saturated heterocycles. The van der Waals surface area contributed by atoms with Gasteiger partial charge in [-0.3, -0.25) is 19.2 Å². The van der Waals surface area contributed by atoms with Crippen LogP contribution in [-0.4, -0.2) is 61.1 Å². The summed E-state index contributed by atoms with van der Waals surface area (Å²) in [6, 6.07) is 10.1. The maximum Gasteiger partial charge on any atom is 0.338 e. The van der Waals surface area contributed by atoms with Crippen LogP contribution < -0.4 is 20.4 Å². The minimum absolute atomic E-state index is 0.128. The summed E-state index contributed by atoms with van der Waals surface area (Å²) in [6.07, 6.45) is 2.99. The molecule has 2 saturated carbocycles. The first-order chi connectivity index (χ1) is 19.3. The lowest BCUT2D eigenvalue weighted by Crippen LogP contribution is -2.57. The van der Waals surface area contributed by atoms with Gasteiger partial charge < -0.3 is 25.2 Å². The summed E-state index contributed by atoms with van der Waals surface area (Å²) in [6.45, 7) is 1.36. The highest BCUT2D eigenvalue weighted by Gasteiger charge is 2.44. The summed E-state index contributed by atoms with van der Waals surface area (Å²) in [5, 5.41) is 4.98. The molecule has 2 N–H and O–H groups in total. The first-order valence-electron chi connectivity index (χ1n) is 13.4. The van der Waals surface area contributed by atoms with E-state index in [1.807, 2.05) is 0 Å². The quantitative estimate of drug-likeness (QED) is 0.345. The maximum absolute atomic E-state index is 13.8. The summed E-state index contributed by atoms with van der Waals surface area (Å²) in [7, 11) is 0. The highest BCUT2D eigenvalue weighted by atomic mass is 16.5. The fraction of sp³-hybridized carbons (Fsp3) is 0.379. The molecule has 5 rings (SSSR count). The Bertz CT molecular complexity index is 1320. The predicted octanol–water partition coefficient (Wildman–Crippen LogP) is 2.69. The van der Waals surface area contributed by atoms with Gasteiger partial charge in [-0.05, 0) is 62.9 Å². The second kappa shape index (κ2) is 11.3. The van der Waals surface area contributed by atoms with Crippen LogP contribution in [0.3, 0.4) is 0 Å². The number of urea groups is 1. The molecule has 2 aromatic carbocycles. The van der Waals surface area contributed by atoms with Gasteiger partial charge in [-0.25, -0.2) is 9.59 Å². The van der Waals surface area contributed by atoms with E-state index in [2.05, 4.69) is 10.6 Å². The number of hydrogen-bond acceptors (Lipinski definition) is 7. The van der Waals surface area contributed by atoms with Gasteiger partial charge in [-0.2, -0.15) is 0 Å². The smallest absolute Gasteiger partial charge is 0.338 e. The molecule has 11 heteroatoms. The van der Waals surface area contributed by atoms with Gasteiger partial charge in [0, 0.05) is 17.5 Å². The molecule has 0 atom stereocenters. The van der Waals surface area contributed by atoms with Crippen LogP contribution in [0.4, 0.5) is 21.9 Å². The van der Waals surface area contributed by atoms with Crippen LogP contribution in [0.15, 0.2) is 48.5 Å². The first-order valence-corrected chi connectivity index (χ1v) is 13.4. The molecule has 11 nitrogen and oxygen atoms in total. The number of Topliss-reactive ketones (excluding diaryl/α,β-unsaturated/α-hetero) is 2. The van der Waals surface area contributed by atoms with Gasteiger partial charge in [-0.15, -0.1) is 0 Å². The van der Waals surface area contributed by atoms with Crippen LogP contribution >= 0.6 is 0 Å². The van der Waals surface area contributed by atoms with Crippen molar-refractivity contribution >= 4 is 52.4 Å². The number of anilines is 3. The topological polar surface area (TPSA) is 142 Å². The van der Waals surface area contributed by atoms with Crippen LogP contribution in [-0.2, 0) is 23.9 Å². The number of carbonyl (C=O) groups is 6. The third-order valence-corrected chi connectivity index (χ3v) is 7.09. The summed E-state index contributed by atoms with van der Waals surface area (Å²) in [5.41, 5.74) is 1.10. The Balaban J connectivity index is 1.43. The number of esters is 1. The van der Waals surface area contributed by atoms with E-state index in [1.54, 1.807) is 37.3 Å². The van der Waals surface area contributed by atoms with Crippen molar-refractivity contribution in [2.45, 2.75) is 38.6 Å². The highest BCUT2D eigenvalue weighted by Crippen LogP contribution is 2.37. The Labute approximate surface area is 230 Å². The van der Waals surface area contributed by atoms with Crippen molar-refractivity contribution in [1.82, 2.24) is 5.32 Å². The molecule has 4 amide bonds. The third-order valence-electron chi connectivity index (χ3n) is 7.09. The fourth-order valence-electron chi connectivity index (χ4n) is 4.64. The number of carbonyl (C=O) groups excluding carboxylic acids is 6. The first kappa shape index (κ1) is 27.0. The molecule has 2 fully saturated rings. The molecule has 208 valence electrons. The van der Waals surface area contributed by atoms with Crippen LogP contribution in [0.5, 0.6) is 0 Å². The fourth-order valence-corrected chi connectivity index (χ4v) is 4.64. The van der Waals surface area contributed by atoms with Gasteiger partial charge >= 0.3 is 12.0 Å². The lowest BCUT2D eigenvalue weighted by atomic mass is 10.2. The lowest BCUT2D eigenvalue weighted by Gasteiger charge is -2.24. The Morgan fingerprint density at radius 2 is 1.38 bits per heavy atom. The van der Waals surface area contributed by atoms with E-state index in [9.17, 15) is 28.8 Å². The normalized spacial score (nSPS) is 17.1. The van der Waals surface area contributed by atoms with E-state index in [0.29, 0.717) is 11.4 Å². The van der Waals surface area contributed by atoms with Crippen LogP contribution in [0.25, 0.3) is 0 Å². The third kappa shape index (κ3) is 5.88. The predicted molar refractivity (Wildman–Crippen MR) is 145 cm³/mol. The summed E-state index contributed by atoms with van der Waals surface area (Å²) < 4.78 is 4.99. The van der Waals surface area contributed by atoms with Crippen molar-refractivity contribution in [2.24, 2.45) is 11.8 Å². The van der Waals surface area contributed by atoms with Crippen LogP contribution in [0.1, 0.15) is 43.0 Å². The lowest BCUT2D eigenvalue weighted by molar-refractivity contribution is -0.131. The van der Waals surface area contributed by atoms with E-state index in [4.69, 9.17) is 4.74 Å². The molecule has 1 aliphatic heterocycles. The zero-order valence-corrected chi connectivity index (χ0v) is 22.1. The van der Waals surface area contributed by atoms with Crippen LogP contribution in [0, 0.1) is 11.8 Å². The average Bonchev–Trinajstić information content (AvgIpc) is 3.85. The Kier molecular flexibility index (Phi) is 7.63. The van der Waals surface area contributed by atoms with E-state index >= 15 is 0 Å². The standard InChI is InChI=1S/C29H30N4O7/c1-2-40-28(38)19-6-5-7-20(14-19)30-29(39)31-25-26(36)32(15-23(34)17-10-11-17)21-8-3-4-9-22(21)33(27(25)37)16-24(35)18-12-13-18/h3-9,14,17-18,25H,2,10-13,15-16H2,1H3,(H2,30,31,39). The summed E-state index contributed by atoms with van der Waals surface area (Å²) in [4.78, 5) is 80.8. The van der Waals surface area contributed by atoms with E-state index < -0.39 is 29.9 Å². The van der Waals surface area contributed by atoms with Gasteiger partial charge in [0.05, 0.1) is 36.6 Å². The molecule has 0 aromatic heterocycles. The molecule has 2 aliphatic carbocycles. The van der Waals surface area contributed by atoms with Crippen molar-refractivity contribution in [1.29, 1.82) is 0 Å². The van der Waals surface area contributed by atoms with Gasteiger partial charge in [0.2, 0.25) is 0 Å². The Morgan fingerprint density at radius 3 is 1.88 bits per heavy atom. The van der Waals surface area contributed by atoms with Crippen molar-refractivity contribution in [3.63, 3.8) is 0 Å². The molecule has 3 aliphatic rings. The molecule has 0 bridgehead atoms. The van der Waals surface area contributed by atoms with E-state index in [0.717, 1.165) is 25.7 Å². The number of nitrogens with one attached hydrogen (secondary N) is 2. The number of fused-ring (bicyclic) bond motifs is 1. The summed E-state index contributed by atoms with van der Waals surface area (Å²) in [5.74, 6) is -2.63. The molecular formula is C29H30N4O7. The number of ether oxygens (including phenoxy) is 1. The number of para-hydroxylation sites is 2. The largest absolute Gasteiger partial charge is 0.462 e. The number of benzene rings is 2. The number of amides is 4. The molecule has 0 unspecified atom stereocenters. The van der Waals surface area contributed by atoms with Crippen molar-refractivity contribution in [2.75, 3.05) is 34.8 Å². The van der Waals surface area contributed by atoms with Gasteiger partial charge in [-0.1, -0.05) is 18.2 Å². The van der Waals surface area contributed by atoms with Crippen molar-refractivity contribution < 1.29 is 33.5 Å². The minimum atomic E-state index is -1.69. The molecular weight excluding hydrogens is 516 g/mol. The minimum Gasteiger partial charge on any atom is -0.462 e. The molecule has 2 aromatic rings. The number of rotatable bonds is 10. The molecule has 1 heterocycles. The Hall–Kier alpha value is -4.54. The van der Waals surface area contributed by atoms with Crippen molar-refractivity contribution in [3.8, 4) is 0 Å². The maximum atomic E-state index is 13.8. The second-order valence-corrected chi connectivity index (χ2v) is 10.2. The molecule has 0 spiro atoms. The number of ketones is 2. The molecule has 40 heavy (non-hydrogen) atoms. The van der Waals surface area contributed by atoms with Crippen LogP contribution in [0.2, 0.25) is 0 Å². The Morgan fingerprint density at radius 1 is 0.825 bits per heavy atom. The van der Waals surface area contributed by atoms with E-state index in [1.165, 1.54) is 28.0 Å². The second-order valence-electron chi connectivity index (χ2n) is 10.2. The molecule has 0 radical (unpaired) electrons. The van der Waals surface area contributed by atoms with E-state index in [-0.39, 0.29) is 54.3 Å². The highest BCUT2D eigenvalue weighted by molar-refractivity contribution is 6.23. The van der Waals surface area contributed by atoms with Gasteiger partial charge in [0.25, 0.3) is 11.8 Å².